The van der Waals surface area contributed by atoms with E-state index >= 15 is 0 Å². The first-order valence-electron chi connectivity index (χ1n) is 11.5. The van der Waals surface area contributed by atoms with Gasteiger partial charge in [-0.2, -0.15) is 0 Å². The molecular weight excluding hydrogens is 368 g/mol. The first-order valence-corrected chi connectivity index (χ1v) is 11.5. The molecule has 29 heavy (non-hydrogen) atoms. The van der Waals surface area contributed by atoms with Crippen LogP contribution in [0.2, 0.25) is 0 Å². The SMILES string of the molecule is C=C1CCC[C@]2(C)C[C@@H]3OC(=O)[C@H](CN4CCN(CCOCCO)CC4)[C@H]3C[C@H]12. The predicted molar refractivity (Wildman–Crippen MR) is 111 cm³/mol. The molecule has 6 nitrogen and oxygen atoms in total. The summed E-state index contributed by atoms with van der Waals surface area (Å²) in [6.45, 7) is 13.7. The molecule has 2 heterocycles. The van der Waals surface area contributed by atoms with Crippen molar-refractivity contribution in [1.82, 2.24) is 9.80 Å². The van der Waals surface area contributed by atoms with Crippen molar-refractivity contribution in [2.75, 3.05) is 59.1 Å². The number of esters is 1. The third kappa shape index (κ3) is 4.55. The zero-order valence-electron chi connectivity index (χ0n) is 18.0. The van der Waals surface area contributed by atoms with Crippen LogP contribution < -0.4 is 0 Å². The van der Waals surface area contributed by atoms with Crippen molar-refractivity contribution in [1.29, 1.82) is 0 Å². The van der Waals surface area contributed by atoms with E-state index in [0.29, 0.717) is 25.0 Å². The number of carbonyl (C=O) groups excluding carboxylic acids is 1. The quantitative estimate of drug-likeness (QED) is 0.396. The van der Waals surface area contributed by atoms with Crippen molar-refractivity contribution < 1.29 is 19.4 Å². The molecule has 4 rings (SSSR count). The Morgan fingerprint density at radius 2 is 2.00 bits per heavy atom. The Morgan fingerprint density at radius 3 is 2.76 bits per heavy atom. The van der Waals surface area contributed by atoms with Crippen molar-refractivity contribution in [2.24, 2.45) is 23.2 Å². The van der Waals surface area contributed by atoms with Crippen LogP contribution in [0.25, 0.3) is 0 Å². The molecule has 0 amide bonds. The lowest BCUT2D eigenvalue weighted by molar-refractivity contribution is -0.146. The Labute approximate surface area is 175 Å². The first kappa shape index (κ1) is 21.3. The second-order valence-electron chi connectivity index (χ2n) is 9.88. The van der Waals surface area contributed by atoms with Crippen LogP contribution in [0.3, 0.4) is 0 Å². The van der Waals surface area contributed by atoms with Gasteiger partial charge in [0.15, 0.2) is 0 Å². The number of hydrogen-bond acceptors (Lipinski definition) is 6. The topological polar surface area (TPSA) is 62.2 Å². The molecule has 2 saturated carbocycles. The van der Waals surface area contributed by atoms with E-state index in [-0.39, 0.29) is 30.0 Å². The smallest absolute Gasteiger partial charge is 0.310 e. The van der Waals surface area contributed by atoms with Gasteiger partial charge in [-0.25, -0.2) is 0 Å². The van der Waals surface area contributed by atoms with E-state index in [1.54, 1.807) is 0 Å². The van der Waals surface area contributed by atoms with E-state index in [0.717, 1.165) is 58.5 Å². The molecule has 0 aromatic heterocycles. The highest BCUT2D eigenvalue weighted by molar-refractivity contribution is 5.75. The van der Waals surface area contributed by atoms with Crippen LogP contribution in [0, 0.1) is 23.2 Å². The lowest BCUT2D eigenvalue weighted by Gasteiger charge is -2.50. The average Bonchev–Trinajstić information content (AvgIpc) is 2.99. The Bertz CT molecular complexity index is 604. The van der Waals surface area contributed by atoms with Crippen LogP contribution >= 0.6 is 0 Å². The molecule has 0 unspecified atom stereocenters. The van der Waals surface area contributed by atoms with Crippen molar-refractivity contribution in [3.63, 3.8) is 0 Å². The summed E-state index contributed by atoms with van der Waals surface area (Å²) < 4.78 is 11.3. The van der Waals surface area contributed by atoms with Crippen LogP contribution in [0.15, 0.2) is 12.2 Å². The van der Waals surface area contributed by atoms with Crippen LogP contribution in [0.1, 0.15) is 39.0 Å². The highest BCUT2D eigenvalue weighted by atomic mass is 16.6. The van der Waals surface area contributed by atoms with Crippen LogP contribution in [0.4, 0.5) is 0 Å². The largest absolute Gasteiger partial charge is 0.462 e. The lowest BCUT2D eigenvalue weighted by Crippen LogP contribution is -2.50. The predicted octanol–water partition coefficient (Wildman–Crippen LogP) is 1.93. The van der Waals surface area contributed by atoms with E-state index in [1.165, 1.54) is 18.4 Å². The summed E-state index contributed by atoms with van der Waals surface area (Å²) in [5.74, 6) is 0.983. The maximum Gasteiger partial charge on any atom is 0.310 e. The van der Waals surface area contributed by atoms with Crippen molar-refractivity contribution >= 4 is 5.97 Å². The molecule has 1 N–H and O–H groups in total. The molecule has 0 bridgehead atoms. The number of hydrogen-bond donors (Lipinski definition) is 1. The summed E-state index contributed by atoms with van der Waals surface area (Å²) in [5, 5.41) is 8.78. The number of nitrogens with zero attached hydrogens (tertiary/aromatic N) is 2. The van der Waals surface area contributed by atoms with Crippen LogP contribution in [0.5, 0.6) is 0 Å². The highest BCUT2D eigenvalue weighted by Gasteiger charge is 2.55. The minimum atomic E-state index is 0.0266. The van der Waals surface area contributed by atoms with Gasteiger partial charge in [-0.05, 0) is 43.4 Å². The molecule has 0 radical (unpaired) electrons. The van der Waals surface area contributed by atoms with E-state index in [4.69, 9.17) is 14.6 Å². The van der Waals surface area contributed by atoms with E-state index in [9.17, 15) is 4.79 Å². The zero-order valence-corrected chi connectivity index (χ0v) is 18.0. The second-order valence-corrected chi connectivity index (χ2v) is 9.88. The molecule has 4 aliphatic rings. The minimum Gasteiger partial charge on any atom is -0.462 e. The van der Waals surface area contributed by atoms with Gasteiger partial charge in [0, 0.05) is 45.2 Å². The lowest BCUT2D eigenvalue weighted by atomic mass is 9.55. The van der Waals surface area contributed by atoms with Crippen LogP contribution in [-0.2, 0) is 14.3 Å². The maximum atomic E-state index is 12.8. The number of rotatable bonds is 7. The Morgan fingerprint density at radius 1 is 1.24 bits per heavy atom. The molecule has 6 heteroatoms. The van der Waals surface area contributed by atoms with Crippen LogP contribution in [-0.4, -0.2) is 86.1 Å². The molecule has 164 valence electrons. The van der Waals surface area contributed by atoms with E-state index < -0.39 is 0 Å². The molecule has 2 aliphatic heterocycles. The van der Waals surface area contributed by atoms with Gasteiger partial charge in [-0.1, -0.05) is 19.1 Å². The normalized spacial score (nSPS) is 38.6. The Hall–Kier alpha value is -0.950. The summed E-state index contributed by atoms with van der Waals surface area (Å²) in [5.41, 5.74) is 1.68. The molecule has 4 fully saturated rings. The monoisotopic (exact) mass is 406 g/mol. The highest BCUT2D eigenvalue weighted by Crippen LogP contribution is 2.56. The summed E-state index contributed by atoms with van der Waals surface area (Å²) in [6, 6.07) is 0. The van der Waals surface area contributed by atoms with Crippen molar-refractivity contribution in [3.8, 4) is 0 Å². The number of allylic oxidation sites excluding steroid dienone is 1. The number of aliphatic hydroxyl groups excluding tert-OH is 1. The Kier molecular flexibility index (Phi) is 6.64. The first-order chi connectivity index (χ1) is 14.0. The average molecular weight is 407 g/mol. The van der Waals surface area contributed by atoms with Crippen molar-refractivity contribution in [2.45, 2.75) is 45.1 Å². The summed E-state index contributed by atoms with van der Waals surface area (Å²) in [7, 11) is 0. The number of piperazine rings is 1. The molecule has 0 aromatic carbocycles. The minimum absolute atomic E-state index is 0.0266. The van der Waals surface area contributed by atoms with Gasteiger partial charge in [0.05, 0.1) is 25.7 Å². The molecule has 2 saturated heterocycles. The molecule has 0 spiro atoms. The zero-order chi connectivity index (χ0) is 20.4. The van der Waals surface area contributed by atoms with Crippen molar-refractivity contribution in [3.05, 3.63) is 12.2 Å². The van der Waals surface area contributed by atoms with E-state index in [1.807, 2.05) is 0 Å². The molecule has 0 aromatic rings. The fraction of sp³-hybridized carbons (Fsp3) is 0.870. The van der Waals surface area contributed by atoms with Gasteiger partial charge in [0.25, 0.3) is 0 Å². The van der Waals surface area contributed by atoms with Gasteiger partial charge in [0.1, 0.15) is 6.10 Å². The summed E-state index contributed by atoms with van der Waals surface area (Å²) in [6.07, 6.45) is 5.84. The second kappa shape index (κ2) is 9.04. The van der Waals surface area contributed by atoms with Gasteiger partial charge < -0.3 is 14.6 Å². The Balaban J connectivity index is 1.30. The fourth-order valence-electron chi connectivity index (χ4n) is 6.30. The summed E-state index contributed by atoms with van der Waals surface area (Å²) in [4.78, 5) is 17.6. The number of ether oxygens (including phenoxy) is 2. The third-order valence-electron chi connectivity index (χ3n) is 8.03. The summed E-state index contributed by atoms with van der Waals surface area (Å²) >= 11 is 0. The third-order valence-corrected chi connectivity index (χ3v) is 8.03. The van der Waals surface area contributed by atoms with Gasteiger partial charge >= 0.3 is 5.97 Å². The van der Waals surface area contributed by atoms with Gasteiger partial charge in [0.2, 0.25) is 0 Å². The molecular formula is C23H38N2O4. The maximum absolute atomic E-state index is 12.8. The fourth-order valence-corrected chi connectivity index (χ4v) is 6.30. The molecule has 2 aliphatic carbocycles. The molecule has 5 atom stereocenters. The number of carbonyl (C=O) groups is 1. The van der Waals surface area contributed by atoms with E-state index in [2.05, 4.69) is 23.3 Å². The number of aliphatic hydroxyl groups is 1. The van der Waals surface area contributed by atoms with Gasteiger partial charge in [-0.15, -0.1) is 0 Å². The standard InChI is InChI=1S/C23H38N2O4/c1-17-4-3-5-23(2)15-21-18(14-20(17)23)19(22(27)29-21)16-25-8-6-24(7-9-25)10-12-28-13-11-26/h18-21,26H,1,3-16H2,2H3/t18-,19-,20-,21+,23-/m1/s1. The van der Waals surface area contributed by atoms with Gasteiger partial charge in [-0.3, -0.25) is 14.6 Å². The number of fused-ring (bicyclic) bond motifs is 2.